The van der Waals surface area contributed by atoms with Gasteiger partial charge in [0.2, 0.25) is 0 Å². The first kappa shape index (κ1) is 14.2. The third-order valence-electron chi connectivity index (χ3n) is 2.82. The Hall–Kier alpha value is -2.74. The third-order valence-corrected chi connectivity index (χ3v) is 3.49. The van der Waals surface area contributed by atoms with E-state index in [0.717, 1.165) is 0 Å². The molecule has 7 nitrogen and oxygen atoms in total. The Morgan fingerprint density at radius 3 is 2.82 bits per heavy atom. The van der Waals surface area contributed by atoms with Crippen LogP contribution in [-0.2, 0) is 9.53 Å². The molecule has 0 radical (unpaired) electrons. The Balaban J connectivity index is 1.97. The molecule has 0 fully saturated rings. The second kappa shape index (κ2) is 5.57. The van der Waals surface area contributed by atoms with Crippen LogP contribution in [0.3, 0.4) is 0 Å². The van der Waals surface area contributed by atoms with Crippen molar-refractivity contribution in [3.63, 3.8) is 0 Å². The van der Waals surface area contributed by atoms with Crippen LogP contribution in [0, 0.1) is 10.1 Å². The van der Waals surface area contributed by atoms with Gasteiger partial charge in [-0.1, -0.05) is 6.07 Å². The first-order valence-corrected chi connectivity index (χ1v) is 6.84. The summed E-state index contributed by atoms with van der Waals surface area (Å²) in [5, 5.41) is 10.9. The van der Waals surface area contributed by atoms with E-state index in [9.17, 15) is 14.9 Å². The number of ether oxygens (including phenoxy) is 1. The summed E-state index contributed by atoms with van der Waals surface area (Å²) in [7, 11) is 0. The lowest BCUT2D eigenvalue weighted by molar-refractivity contribution is -0.385. The predicted octanol–water partition coefficient (Wildman–Crippen LogP) is 3.29. The Morgan fingerprint density at radius 2 is 2.14 bits per heavy atom. The minimum absolute atomic E-state index is 0.0445. The molecule has 1 aromatic heterocycles. The number of nitrogens with zero attached hydrogens (tertiary/aromatic N) is 2. The van der Waals surface area contributed by atoms with Gasteiger partial charge in [0.1, 0.15) is 0 Å². The highest BCUT2D eigenvalue weighted by atomic mass is 79.9. The maximum atomic E-state index is 11.8. The van der Waals surface area contributed by atoms with Crippen molar-refractivity contribution in [2.24, 2.45) is 4.99 Å². The minimum Gasteiger partial charge on any atom is -0.459 e. The van der Waals surface area contributed by atoms with Gasteiger partial charge in [0.25, 0.3) is 11.6 Å². The number of hydrogen-bond acceptors (Lipinski definition) is 6. The SMILES string of the molecule is O=C1OC(c2ccco2)=N/C1=C\c1ccc(Br)c([N+](=O)[O-])c1. The van der Waals surface area contributed by atoms with Gasteiger partial charge in [-0.25, -0.2) is 9.79 Å². The van der Waals surface area contributed by atoms with Crippen molar-refractivity contribution in [1.82, 2.24) is 0 Å². The normalized spacial score (nSPS) is 15.8. The summed E-state index contributed by atoms with van der Waals surface area (Å²) in [6.45, 7) is 0. The van der Waals surface area contributed by atoms with Crippen LogP contribution in [-0.4, -0.2) is 16.8 Å². The molecule has 0 spiro atoms. The Bertz CT molecular complexity index is 824. The molecule has 110 valence electrons. The zero-order valence-electron chi connectivity index (χ0n) is 10.9. The minimum atomic E-state index is -0.642. The monoisotopic (exact) mass is 362 g/mol. The molecule has 1 aromatic carbocycles. The van der Waals surface area contributed by atoms with Crippen molar-refractivity contribution in [3.05, 3.63) is 68.2 Å². The zero-order valence-corrected chi connectivity index (χ0v) is 12.4. The molecule has 1 aliphatic heterocycles. The number of esters is 1. The van der Waals surface area contributed by atoms with Crippen molar-refractivity contribution in [2.45, 2.75) is 0 Å². The van der Waals surface area contributed by atoms with Crippen LogP contribution < -0.4 is 0 Å². The van der Waals surface area contributed by atoms with E-state index in [1.54, 1.807) is 18.2 Å². The van der Waals surface area contributed by atoms with Gasteiger partial charge in [0.15, 0.2) is 11.5 Å². The van der Waals surface area contributed by atoms with Gasteiger partial charge >= 0.3 is 5.97 Å². The predicted molar refractivity (Wildman–Crippen MR) is 80.1 cm³/mol. The van der Waals surface area contributed by atoms with Gasteiger partial charge < -0.3 is 9.15 Å². The first-order chi connectivity index (χ1) is 10.5. The molecule has 2 aromatic rings. The average molecular weight is 363 g/mol. The number of benzene rings is 1. The molecule has 0 bridgehead atoms. The largest absolute Gasteiger partial charge is 0.459 e. The fourth-order valence-electron chi connectivity index (χ4n) is 1.83. The summed E-state index contributed by atoms with van der Waals surface area (Å²) in [6, 6.07) is 7.75. The quantitative estimate of drug-likeness (QED) is 0.361. The number of aliphatic imine (C=N–C) groups is 1. The summed E-state index contributed by atoms with van der Waals surface area (Å²) in [6.07, 6.45) is 2.85. The highest BCUT2D eigenvalue weighted by Crippen LogP contribution is 2.27. The molecule has 3 rings (SSSR count). The summed E-state index contributed by atoms with van der Waals surface area (Å²) in [4.78, 5) is 26.2. The van der Waals surface area contributed by atoms with Crippen molar-refractivity contribution in [3.8, 4) is 0 Å². The second-order valence-electron chi connectivity index (χ2n) is 4.28. The number of furan rings is 1. The molecule has 1 aliphatic rings. The van der Waals surface area contributed by atoms with Gasteiger partial charge in [0.05, 0.1) is 15.7 Å². The zero-order chi connectivity index (χ0) is 15.7. The van der Waals surface area contributed by atoms with Gasteiger partial charge in [-0.3, -0.25) is 10.1 Å². The fourth-order valence-corrected chi connectivity index (χ4v) is 2.22. The topological polar surface area (TPSA) is 94.9 Å². The van der Waals surface area contributed by atoms with Crippen LogP contribution in [0.5, 0.6) is 0 Å². The van der Waals surface area contributed by atoms with E-state index < -0.39 is 10.9 Å². The third kappa shape index (κ3) is 2.68. The molecular weight excluding hydrogens is 356 g/mol. The van der Waals surface area contributed by atoms with Crippen molar-refractivity contribution >= 4 is 39.6 Å². The first-order valence-electron chi connectivity index (χ1n) is 6.05. The number of carbonyl (C=O) groups excluding carboxylic acids is 1. The highest BCUT2D eigenvalue weighted by molar-refractivity contribution is 9.10. The number of cyclic esters (lactones) is 1. The maximum Gasteiger partial charge on any atom is 0.363 e. The van der Waals surface area contributed by atoms with E-state index in [2.05, 4.69) is 20.9 Å². The van der Waals surface area contributed by atoms with E-state index in [1.807, 2.05) is 0 Å². The van der Waals surface area contributed by atoms with Crippen molar-refractivity contribution < 1.29 is 18.9 Å². The number of nitro groups is 1. The van der Waals surface area contributed by atoms with Crippen LogP contribution in [0.4, 0.5) is 5.69 Å². The van der Waals surface area contributed by atoms with E-state index >= 15 is 0 Å². The van der Waals surface area contributed by atoms with E-state index in [0.29, 0.717) is 15.8 Å². The maximum absolute atomic E-state index is 11.8. The van der Waals surface area contributed by atoms with E-state index in [4.69, 9.17) is 9.15 Å². The van der Waals surface area contributed by atoms with Crippen LogP contribution in [0.2, 0.25) is 0 Å². The number of hydrogen-bond donors (Lipinski definition) is 0. The standard InChI is InChI=1S/C14H7BrN2O5/c15-9-4-3-8(7-11(9)17(19)20)6-10-14(18)22-13(16-10)12-2-1-5-21-12/h1-7H/b10-6-. The van der Waals surface area contributed by atoms with Crippen LogP contribution >= 0.6 is 15.9 Å². The van der Waals surface area contributed by atoms with Crippen LogP contribution in [0.25, 0.3) is 6.08 Å². The number of nitro benzene ring substituents is 1. The van der Waals surface area contributed by atoms with Crippen molar-refractivity contribution in [2.75, 3.05) is 0 Å². The molecule has 0 saturated heterocycles. The van der Waals surface area contributed by atoms with Gasteiger partial charge in [-0.2, -0.15) is 0 Å². The lowest BCUT2D eigenvalue weighted by Gasteiger charge is -1.97. The molecule has 0 saturated carbocycles. The fraction of sp³-hybridized carbons (Fsp3) is 0. The molecule has 0 atom stereocenters. The molecule has 2 heterocycles. The Kier molecular flexibility index (Phi) is 3.60. The Labute approximate surface area is 132 Å². The average Bonchev–Trinajstić information content (AvgIpc) is 3.11. The lowest BCUT2D eigenvalue weighted by atomic mass is 10.1. The van der Waals surface area contributed by atoms with Crippen molar-refractivity contribution in [1.29, 1.82) is 0 Å². The van der Waals surface area contributed by atoms with Gasteiger partial charge in [-0.05, 0) is 45.8 Å². The highest BCUT2D eigenvalue weighted by Gasteiger charge is 2.26. The summed E-state index contributed by atoms with van der Waals surface area (Å²) < 4.78 is 10.5. The summed E-state index contributed by atoms with van der Waals surface area (Å²) >= 11 is 3.10. The lowest BCUT2D eigenvalue weighted by Crippen LogP contribution is -2.04. The van der Waals surface area contributed by atoms with Gasteiger partial charge in [-0.15, -0.1) is 0 Å². The second-order valence-corrected chi connectivity index (χ2v) is 5.14. The number of carbonyl (C=O) groups is 1. The molecule has 0 amide bonds. The number of rotatable bonds is 3. The van der Waals surface area contributed by atoms with E-state index in [1.165, 1.54) is 24.5 Å². The smallest absolute Gasteiger partial charge is 0.363 e. The molecule has 0 aliphatic carbocycles. The molecule has 8 heteroatoms. The Morgan fingerprint density at radius 1 is 1.32 bits per heavy atom. The van der Waals surface area contributed by atoms with Crippen LogP contribution in [0.15, 0.2) is 56.2 Å². The molecule has 0 unspecified atom stereocenters. The van der Waals surface area contributed by atoms with Crippen LogP contribution in [0.1, 0.15) is 11.3 Å². The summed E-state index contributed by atoms with van der Waals surface area (Å²) in [5.41, 5.74) is 0.408. The van der Waals surface area contributed by atoms with E-state index in [-0.39, 0.29) is 17.3 Å². The molecule has 0 N–H and O–H groups in total. The molecular formula is C14H7BrN2O5. The van der Waals surface area contributed by atoms with Gasteiger partial charge in [0, 0.05) is 6.07 Å². The summed E-state index contributed by atoms with van der Waals surface area (Å²) in [5.74, 6) is -0.247. The number of halogens is 1. The molecule has 22 heavy (non-hydrogen) atoms.